The molecule has 672 valence electrons. The van der Waals surface area contributed by atoms with Gasteiger partial charge in [0.05, 0.1) is 12.2 Å². The molecule has 18 nitrogen and oxygen atoms in total. The highest BCUT2D eigenvalue weighted by molar-refractivity contribution is 8.00. The van der Waals surface area contributed by atoms with Gasteiger partial charge in [0.15, 0.2) is 10.2 Å². The third-order valence-electron chi connectivity index (χ3n) is 11.7. The molecule has 0 radical (unpaired) electrons. The van der Waals surface area contributed by atoms with Crippen molar-refractivity contribution in [2.75, 3.05) is 91.6 Å². The molecular formula is C88H201N13O5S4. The number of carbonyl (C=O) groups excluding carboxylic acids is 3. The molecule has 0 fully saturated rings. The summed E-state index contributed by atoms with van der Waals surface area (Å²) in [5.41, 5.74) is 0. The van der Waals surface area contributed by atoms with Crippen molar-refractivity contribution in [2.24, 2.45) is 94.7 Å². The van der Waals surface area contributed by atoms with Crippen molar-refractivity contribution in [1.29, 1.82) is 0 Å². The average molecular weight is 1650 g/mol. The number of urea groups is 2. The molecule has 0 unspecified atom stereocenters. The van der Waals surface area contributed by atoms with Crippen LogP contribution in [-0.4, -0.2) is 160 Å². The molecule has 0 bridgehead atoms. The van der Waals surface area contributed by atoms with Crippen LogP contribution in [0.15, 0.2) is 0 Å². The zero-order chi connectivity index (χ0) is 88.1. The monoisotopic (exact) mass is 1650 g/mol. The molecule has 0 aromatic heterocycles. The number of hydrogen-bond acceptors (Lipinski definition) is 12. The summed E-state index contributed by atoms with van der Waals surface area (Å²) >= 11 is 17.0. The molecule has 5 amide bonds. The van der Waals surface area contributed by atoms with Crippen LogP contribution in [0.2, 0.25) is 0 Å². The number of rotatable bonds is 36. The van der Waals surface area contributed by atoms with E-state index in [-0.39, 0.29) is 43.8 Å². The molecular weight excluding hydrogens is 1450 g/mol. The topological polar surface area (TPSA) is 226 Å². The molecule has 0 rings (SSSR count). The molecule has 0 aliphatic heterocycles. The van der Waals surface area contributed by atoms with E-state index >= 15 is 0 Å². The van der Waals surface area contributed by atoms with Crippen LogP contribution in [0.25, 0.3) is 0 Å². The maximum Gasteiger partial charge on any atom is 0.407 e. The van der Waals surface area contributed by atoms with E-state index in [0.717, 1.165) is 153 Å². The van der Waals surface area contributed by atoms with E-state index in [2.05, 4.69) is 318 Å². The van der Waals surface area contributed by atoms with Crippen molar-refractivity contribution < 1.29 is 23.9 Å². The van der Waals surface area contributed by atoms with Gasteiger partial charge in [-0.1, -0.05) is 257 Å². The van der Waals surface area contributed by atoms with E-state index < -0.39 is 0 Å². The summed E-state index contributed by atoms with van der Waals surface area (Å²) in [6.07, 6.45) is 1.16. The van der Waals surface area contributed by atoms with Gasteiger partial charge in [0.1, 0.15) is 0 Å². The second-order valence-corrected chi connectivity index (χ2v) is 40.0. The molecule has 0 aliphatic carbocycles. The van der Waals surface area contributed by atoms with Crippen LogP contribution in [0.5, 0.6) is 0 Å². The van der Waals surface area contributed by atoms with Crippen molar-refractivity contribution >= 4 is 82.0 Å². The quantitative estimate of drug-likeness (QED) is 0.0262. The maximum absolute atomic E-state index is 11.0. The predicted molar refractivity (Wildman–Crippen MR) is 512 cm³/mol. The molecule has 0 aromatic carbocycles. The maximum atomic E-state index is 11.0. The summed E-state index contributed by atoms with van der Waals surface area (Å²) in [5.74, 6) is 11.0. The van der Waals surface area contributed by atoms with Gasteiger partial charge in [-0.25, -0.2) is 14.4 Å². The van der Waals surface area contributed by atoms with Gasteiger partial charge in [0.25, 0.3) is 5.17 Å². The molecule has 22 heteroatoms. The summed E-state index contributed by atoms with van der Waals surface area (Å²) in [6, 6.07) is 0.496. The summed E-state index contributed by atoms with van der Waals surface area (Å²) in [5, 5.41) is 43.1. The van der Waals surface area contributed by atoms with E-state index in [0.29, 0.717) is 65.1 Å². The Morgan fingerprint density at radius 2 is 0.473 bits per heavy atom. The van der Waals surface area contributed by atoms with Gasteiger partial charge < -0.3 is 78.6 Å². The Labute approximate surface area is 710 Å². The molecule has 0 spiro atoms. The first kappa shape index (κ1) is 133. The smallest absolute Gasteiger partial charge is 0.407 e. The number of ether oxygens (including phenoxy) is 2. The SMILES string of the molecule is C.CC(C)CC(C)C.CC(C)CNC(=O)NC(C)C.CC(C)CNC(=O)NCC(C)C.CC(C)CNC(=O)OC(C)C.CC(C)CNC(=S)NC(C)C.CC(C)CNC(=S)NCC(C)C.CC(C)CNC(=S)OC(C)C.CC(C)CNCC(C)C.CC(C)CNCC(C)C.CC(C)CNCC(C)C.CC(C)SC(C)C. The fourth-order valence-corrected chi connectivity index (χ4v) is 8.94. The van der Waals surface area contributed by atoms with E-state index in [4.69, 9.17) is 46.1 Å². The minimum absolute atomic E-state index is 0. The molecule has 0 aliphatic rings. The minimum Gasteiger partial charge on any atom is -0.468 e. The Hall–Kier alpha value is -2.89. The van der Waals surface area contributed by atoms with Crippen molar-refractivity contribution in [1.82, 2.24) is 69.1 Å². The largest absolute Gasteiger partial charge is 0.468 e. The highest BCUT2D eigenvalue weighted by Gasteiger charge is 2.08. The van der Waals surface area contributed by atoms with Crippen LogP contribution < -0.4 is 69.1 Å². The van der Waals surface area contributed by atoms with Crippen molar-refractivity contribution in [3.05, 3.63) is 0 Å². The minimum atomic E-state index is -0.325. The van der Waals surface area contributed by atoms with E-state index in [1.165, 1.54) is 6.42 Å². The molecule has 0 atom stereocenters. The Balaban J connectivity index is -0.0000000963. The number of alkyl carbamates (subject to hydrolysis) is 1. The summed E-state index contributed by atoms with van der Waals surface area (Å²) in [6.45, 7) is 108. The molecule has 110 heavy (non-hydrogen) atoms. The van der Waals surface area contributed by atoms with Gasteiger partial charge in [0.2, 0.25) is 0 Å². The second kappa shape index (κ2) is 93.3. The number of thioether (sulfide) groups is 1. The predicted octanol–water partition coefficient (Wildman–Crippen LogP) is 21.5. The number of hydrogen-bond donors (Lipinski definition) is 13. The Kier molecular flexibility index (Phi) is 113. The fraction of sp³-hybridized carbons (Fsp3) is 0.932. The third kappa shape index (κ3) is 182. The summed E-state index contributed by atoms with van der Waals surface area (Å²) in [4.78, 5) is 32.8. The summed E-state index contributed by atoms with van der Waals surface area (Å²) in [7, 11) is 0. The lowest BCUT2D eigenvalue weighted by Crippen LogP contribution is -2.40. The molecule has 0 aromatic rings. The van der Waals surface area contributed by atoms with Gasteiger partial charge in [-0.15, -0.1) is 0 Å². The standard InChI is InChI=1S/C9H20N2O.C9H20N2S.C8H18N2O.C8H18N2S.C8H17NO2.C8H17NOS.3C8H19N.C7H16.C6H14S.CH4/c2*1-7(2)5-10-9(12)11-6-8(3)4;2*1-6(2)5-9-8(11)10-7(3)4;1-6(2)5-9-8(10)11-7(3)4;1-6(2)5-9-8(11)10-7(3)4;3*1-7(2)5-9-6-8(3)4;1-6(2)5-7(3)4;1-5(2)7-6(3)4;/h2*7-8H,5-6H2,1-4H3,(H2,10,11,12);2*6-7H,5H2,1-4H3,(H2,9,10,11);6-7H,5H2,1-4H3,(H,9,10);6-7H,5H2,1-4H3,(H,9,11);3*7-9H,5-6H2,1-4H3;6-7H,5H2,1-4H3;5-6H,1-4H3;1H4. The first-order chi connectivity index (χ1) is 49.7. The third-order valence-corrected chi connectivity index (χ3v) is 13.5. The van der Waals surface area contributed by atoms with Crippen molar-refractivity contribution in [3.63, 3.8) is 0 Å². The first-order valence-corrected chi connectivity index (χ1v) is 44.7. The van der Waals surface area contributed by atoms with Crippen LogP contribution in [-0.2, 0) is 9.47 Å². The highest BCUT2D eigenvalue weighted by atomic mass is 32.2. The van der Waals surface area contributed by atoms with Gasteiger partial charge in [-0.3, -0.25) is 0 Å². The lowest BCUT2D eigenvalue weighted by molar-refractivity contribution is 0.114. The Bertz CT molecular complexity index is 1650. The number of thiocarbonyl (C=S) groups is 3. The van der Waals surface area contributed by atoms with E-state index in [9.17, 15) is 14.4 Å². The highest BCUT2D eigenvalue weighted by Crippen LogP contribution is 2.15. The molecule has 13 N–H and O–H groups in total. The van der Waals surface area contributed by atoms with Crippen LogP contribution in [0.1, 0.15) is 318 Å². The van der Waals surface area contributed by atoms with E-state index in [1.54, 1.807) is 0 Å². The lowest BCUT2D eigenvalue weighted by Gasteiger charge is -2.14. The normalized spacial score (nSPS) is 10.6. The second-order valence-electron chi connectivity index (χ2n) is 36.6. The van der Waals surface area contributed by atoms with E-state index in [1.807, 2.05) is 67.2 Å². The number of carbonyl (C=O) groups is 3. The molecule has 0 heterocycles. The van der Waals surface area contributed by atoms with Gasteiger partial charge >= 0.3 is 18.2 Å². The van der Waals surface area contributed by atoms with Gasteiger partial charge in [-0.2, -0.15) is 11.8 Å². The molecule has 0 saturated carbocycles. The van der Waals surface area contributed by atoms with Gasteiger partial charge in [-0.05, 0) is 243 Å². The van der Waals surface area contributed by atoms with Crippen molar-refractivity contribution in [2.45, 2.75) is 353 Å². The Morgan fingerprint density at radius 3 is 0.673 bits per heavy atom. The first-order valence-electron chi connectivity index (χ1n) is 42.5. The van der Waals surface area contributed by atoms with Crippen molar-refractivity contribution in [3.8, 4) is 0 Å². The fourth-order valence-electron chi connectivity index (χ4n) is 7.09. The summed E-state index contributed by atoms with van der Waals surface area (Å²) < 4.78 is 10.1. The zero-order valence-corrected chi connectivity index (χ0v) is 83.7. The van der Waals surface area contributed by atoms with Crippen LogP contribution >= 0.6 is 48.4 Å². The number of amides is 5. The Morgan fingerprint density at radius 1 is 0.255 bits per heavy atom. The van der Waals surface area contributed by atoms with Crippen LogP contribution in [0, 0.1) is 94.7 Å². The zero-order valence-electron chi connectivity index (χ0n) is 80.5. The van der Waals surface area contributed by atoms with Gasteiger partial charge in [0, 0.05) is 64.4 Å². The van der Waals surface area contributed by atoms with Crippen LogP contribution in [0.3, 0.4) is 0 Å². The van der Waals surface area contributed by atoms with Crippen LogP contribution in [0.4, 0.5) is 14.4 Å². The lowest BCUT2D eigenvalue weighted by atomic mass is 10.0. The average Bonchev–Trinajstić information content (AvgIpc) is 1.04. The number of nitrogens with one attached hydrogen (secondary N) is 13. The molecule has 0 saturated heterocycles.